The first-order valence-electron chi connectivity index (χ1n) is 27.4. The molecule has 15 rings (SSSR count). The minimum absolute atomic E-state index is 0.629. The van der Waals surface area contributed by atoms with Crippen molar-refractivity contribution in [3.63, 3.8) is 0 Å². The molecule has 4 aromatic rings. The summed E-state index contributed by atoms with van der Waals surface area (Å²) < 4.78 is 4.48. The number of hydrogen-bond donors (Lipinski definition) is 0. The topological polar surface area (TPSA) is 4.93 Å². The Kier molecular flexibility index (Phi) is 9.84. The van der Waals surface area contributed by atoms with Crippen LogP contribution >= 0.6 is 22.7 Å². The average molecular weight is 914 g/mol. The SMILES string of the molecule is C1=CC2=C(C=CCC2CC2C3=C(C=C(C4CC=C(C5=Cc6c7c(n(C8CC=CC9CCCCC98)c6CC5)CCc5c-7sc6ccccc56)CC4)CC3)C3=C2CCc2c3sc3c2CCCC3)CC1. The molecule has 0 spiro atoms. The highest BCUT2D eigenvalue weighted by Gasteiger charge is 2.43. The fourth-order valence-electron chi connectivity index (χ4n) is 16.5. The Morgan fingerprint density at radius 3 is 2.52 bits per heavy atom. The van der Waals surface area contributed by atoms with Crippen LogP contribution in [-0.4, -0.2) is 4.57 Å². The number of thiophene rings is 2. The van der Waals surface area contributed by atoms with E-state index in [2.05, 4.69) is 106 Å². The normalized spacial score (nSPS) is 29.3. The molecule has 6 atom stereocenters. The maximum absolute atomic E-state index is 3.00. The Morgan fingerprint density at radius 1 is 0.642 bits per heavy atom. The average Bonchev–Trinajstić information content (AvgIpc) is 4.14. The van der Waals surface area contributed by atoms with Gasteiger partial charge in [-0.25, -0.2) is 0 Å². The molecule has 0 saturated heterocycles. The van der Waals surface area contributed by atoms with Crippen molar-refractivity contribution in [3.05, 3.63) is 161 Å². The summed E-state index contributed by atoms with van der Waals surface area (Å²) in [5, 5.41) is 1.51. The summed E-state index contributed by atoms with van der Waals surface area (Å²) in [6, 6.07) is 9.92. The minimum atomic E-state index is 0.629. The highest BCUT2D eigenvalue weighted by atomic mass is 32.1. The quantitative estimate of drug-likeness (QED) is 0.176. The van der Waals surface area contributed by atoms with E-state index < -0.39 is 0 Å². The Morgan fingerprint density at radius 2 is 1.55 bits per heavy atom. The van der Waals surface area contributed by atoms with E-state index >= 15 is 0 Å². The van der Waals surface area contributed by atoms with Gasteiger partial charge < -0.3 is 4.57 Å². The summed E-state index contributed by atoms with van der Waals surface area (Å²) in [6.07, 6.45) is 54.4. The van der Waals surface area contributed by atoms with Gasteiger partial charge in [0.15, 0.2) is 0 Å². The van der Waals surface area contributed by atoms with Crippen LogP contribution in [0.25, 0.3) is 32.2 Å². The molecule has 0 bridgehead atoms. The first kappa shape index (κ1) is 40.7. The summed E-state index contributed by atoms with van der Waals surface area (Å²) in [7, 11) is 0. The van der Waals surface area contributed by atoms with Crippen molar-refractivity contribution in [2.75, 3.05) is 0 Å². The van der Waals surface area contributed by atoms with Gasteiger partial charge in [-0.1, -0.05) is 96.4 Å². The predicted molar refractivity (Wildman–Crippen MR) is 284 cm³/mol. The van der Waals surface area contributed by atoms with Crippen LogP contribution in [-0.2, 0) is 38.5 Å². The second kappa shape index (κ2) is 16.2. The molecule has 1 saturated carbocycles. The van der Waals surface area contributed by atoms with Crippen molar-refractivity contribution in [1.29, 1.82) is 0 Å². The second-order valence-electron chi connectivity index (χ2n) is 22.8. The summed E-state index contributed by atoms with van der Waals surface area (Å²) in [5.41, 5.74) is 27.4. The maximum Gasteiger partial charge on any atom is 0.0411 e. The molecule has 340 valence electrons. The molecule has 6 unspecified atom stereocenters. The maximum atomic E-state index is 3.00. The number of rotatable bonds is 5. The zero-order chi connectivity index (χ0) is 43.7. The summed E-state index contributed by atoms with van der Waals surface area (Å²) in [4.78, 5) is 5.06. The van der Waals surface area contributed by atoms with Crippen molar-refractivity contribution in [2.45, 2.75) is 160 Å². The molecule has 1 nitrogen and oxygen atoms in total. The number of nitrogens with zero attached hydrogens (tertiary/aromatic N) is 1. The smallest absolute Gasteiger partial charge is 0.0411 e. The van der Waals surface area contributed by atoms with Gasteiger partial charge in [0.1, 0.15) is 0 Å². The molecule has 0 aliphatic heterocycles. The molecule has 1 aromatic carbocycles. The fraction of sp³-hybridized carbons (Fsp3) is 0.469. The van der Waals surface area contributed by atoms with Crippen LogP contribution in [0.3, 0.4) is 0 Å². The van der Waals surface area contributed by atoms with Gasteiger partial charge in [0.25, 0.3) is 0 Å². The van der Waals surface area contributed by atoms with Gasteiger partial charge in [0.2, 0.25) is 0 Å². The van der Waals surface area contributed by atoms with Crippen molar-refractivity contribution >= 4 is 44.4 Å². The number of aryl methyl sites for hydroxylation is 2. The van der Waals surface area contributed by atoms with Gasteiger partial charge in [-0.15, -0.1) is 22.7 Å². The highest BCUT2D eigenvalue weighted by Crippen LogP contribution is 2.59. The molecule has 11 aliphatic carbocycles. The lowest BCUT2D eigenvalue weighted by Gasteiger charge is -2.41. The van der Waals surface area contributed by atoms with E-state index in [0.29, 0.717) is 23.8 Å². The summed E-state index contributed by atoms with van der Waals surface area (Å²) >= 11 is 4.32. The number of benzene rings is 1. The number of fused-ring (bicyclic) bond motifs is 13. The van der Waals surface area contributed by atoms with Crippen LogP contribution in [0.4, 0.5) is 0 Å². The Hall–Kier alpha value is -4.18. The molecule has 0 radical (unpaired) electrons. The molecular formula is C64H67NS2. The largest absolute Gasteiger partial charge is 0.344 e. The molecule has 0 amide bonds. The van der Waals surface area contributed by atoms with E-state index in [4.69, 9.17) is 0 Å². The zero-order valence-corrected chi connectivity index (χ0v) is 41.3. The monoisotopic (exact) mass is 913 g/mol. The molecule has 67 heavy (non-hydrogen) atoms. The van der Waals surface area contributed by atoms with Gasteiger partial charge in [-0.05, 0) is 233 Å². The van der Waals surface area contributed by atoms with Crippen LogP contribution in [0.2, 0.25) is 0 Å². The molecule has 1 fully saturated rings. The standard InChI is InChI=1S/C64H67NS2/c1-3-16-45-40(11-1)13-9-15-44(45)37-53-47-29-27-42(35-54(47)61-50(53)30-31-51-48-18-5-7-21-59(48)66-63(51)61)38-23-25-39(26-24-38)43-28-33-57-55(36-43)62-58(34-32-52-49-19-6-8-22-60(49)67-64(52)62)65(57)56-20-10-14-41-12-2-4-17-46(41)56/h3,6,8-10,13-14,16,19,22,25,35-36,38,41,44,46,53,56H,1-2,4-5,7,11-12,15,17-18,20-21,23-24,26-34,37H2. The van der Waals surface area contributed by atoms with Gasteiger partial charge >= 0.3 is 0 Å². The lowest BCUT2D eigenvalue weighted by atomic mass is 9.71. The zero-order valence-electron chi connectivity index (χ0n) is 39.7. The second-order valence-corrected chi connectivity index (χ2v) is 25.0. The highest BCUT2D eigenvalue weighted by molar-refractivity contribution is 7.22. The molecule has 3 aromatic heterocycles. The summed E-state index contributed by atoms with van der Waals surface area (Å²) in [5.74, 6) is 3.56. The third kappa shape index (κ3) is 6.41. The van der Waals surface area contributed by atoms with Crippen molar-refractivity contribution in [1.82, 2.24) is 4.57 Å². The van der Waals surface area contributed by atoms with E-state index in [0.717, 1.165) is 11.8 Å². The Labute approximate surface area is 407 Å². The molecule has 3 heteroatoms. The number of hydrogen-bond acceptors (Lipinski definition) is 2. The number of aromatic nitrogens is 1. The van der Waals surface area contributed by atoms with Crippen LogP contribution in [0, 0.1) is 29.6 Å². The molecule has 11 aliphatic rings. The minimum Gasteiger partial charge on any atom is -0.344 e. The predicted octanol–water partition coefficient (Wildman–Crippen LogP) is 17.4. The molecule has 3 heterocycles. The van der Waals surface area contributed by atoms with Gasteiger partial charge in [0.05, 0.1) is 0 Å². The van der Waals surface area contributed by atoms with Crippen LogP contribution in [0.5, 0.6) is 0 Å². The summed E-state index contributed by atoms with van der Waals surface area (Å²) in [6.45, 7) is 0. The molecular weight excluding hydrogens is 847 g/mol. The van der Waals surface area contributed by atoms with Crippen molar-refractivity contribution < 1.29 is 0 Å². The van der Waals surface area contributed by atoms with Crippen LogP contribution in [0.1, 0.15) is 165 Å². The third-order valence-corrected chi connectivity index (χ3v) is 22.2. The van der Waals surface area contributed by atoms with Crippen molar-refractivity contribution in [2.24, 2.45) is 29.6 Å². The van der Waals surface area contributed by atoms with Crippen LogP contribution in [0.15, 0.2) is 117 Å². The van der Waals surface area contributed by atoms with E-state index in [9.17, 15) is 0 Å². The lowest BCUT2D eigenvalue weighted by Crippen LogP contribution is -2.32. The van der Waals surface area contributed by atoms with E-state index in [1.165, 1.54) is 164 Å². The van der Waals surface area contributed by atoms with E-state index in [1.807, 2.05) is 11.1 Å². The van der Waals surface area contributed by atoms with Crippen LogP contribution < -0.4 is 0 Å². The van der Waals surface area contributed by atoms with Gasteiger partial charge in [-0.2, -0.15) is 0 Å². The number of allylic oxidation sites excluding steroid dienone is 17. The van der Waals surface area contributed by atoms with Gasteiger partial charge in [-0.3, -0.25) is 0 Å². The first-order valence-corrected chi connectivity index (χ1v) is 29.0. The van der Waals surface area contributed by atoms with Gasteiger partial charge in [0, 0.05) is 53.8 Å². The Balaban J connectivity index is 0.766. The van der Waals surface area contributed by atoms with E-state index in [-0.39, 0.29) is 0 Å². The Bertz CT molecular complexity index is 3070. The third-order valence-electron chi connectivity index (χ3n) is 19.6. The van der Waals surface area contributed by atoms with Crippen molar-refractivity contribution in [3.8, 4) is 10.4 Å². The lowest BCUT2D eigenvalue weighted by molar-refractivity contribution is 0.181. The fourth-order valence-corrected chi connectivity index (χ4v) is 19.4. The van der Waals surface area contributed by atoms with E-state index in [1.54, 1.807) is 92.8 Å². The molecule has 0 N–H and O–H groups in total. The first-order chi connectivity index (χ1) is 33.2.